The van der Waals surface area contributed by atoms with Gasteiger partial charge in [0.05, 0.1) is 0 Å². The van der Waals surface area contributed by atoms with E-state index in [0.29, 0.717) is 0 Å². The summed E-state index contributed by atoms with van der Waals surface area (Å²) in [6.07, 6.45) is 7.66. The summed E-state index contributed by atoms with van der Waals surface area (Å²) in [4.78, 5) is 40.5. The van der Waals surface area contributed by atoms with Crippen LogP contribution in [0.1, 0.15) is 57.9 Å². The third-order valence-corrected chi connectivity index (χ3v) is 9.29. The molecule has 4 aliphatic carbocycles. The average Bonchev–Trinajstić information content (AvgIpc) is 3.01. The Hall–Kier alpha value is -2.89. The summed E-state index contributed by atoms with van der Waals surface area (Å²) in [6.45, 7) is 3.60. The molecule has 6 heteroatoms. The number of rotatable bonds is 5. The Bertz CT molecular complexity index is 1150. The number of nitrogens with zero attached hydrogens (tertiary/aromatic N) is 1. The Morgan fingerprint density at radius 3 is 2.32 bits per heavy atom. The molecular weight excluding hydrogens is 426 g/mol. The van der Waals surface area contributed by atoms with Crippen LogP contribution in [0.2, 0.25) is 0 Å². The number of carbonyl (C=O) groups excluding carboxylic acids is 3. The standard InChI is InChI=1S/C28H33N3O3/c1-17(28-13-18-10-19(14-28)12-20(11-18)15-28)29-24(32)16-31-25(33)27(2,30-26(31)34)23-9-5-7-21-6-3-4-8-22(21)23/h3-9,17-20H,10-16H2,1-2H3,(H,29,32)(H,30,34). The molecule has 0 spiro atoms. The number of hydrogen-bond donors (Lipinski definition) is 2. The maximum Gasteiger partial charge on any atom is 0.325 e. The van der Waals surface area contributed by atoms with E-state index >= 15 is 0 Å². The zero-order valence-electron chi connectivity index (χ0n) is 20.0. The number of imide groups is 1. The number of benzene rings is 2. The van der Waals surface area contributed by atoms with Crippen LogP contribution in [0.4, 0.5) is 4.79 Å². The van der Waals surface area contributed by atoms with Gasteiger partial charge in [-0.2, -0.15) is 0 Å². The summed E-state index contributed by atoms with van der Waals surface area (Å²) < 4.78 is 0. The first-order valence-electron chi connectivity index (χ1n) is 12.7. The Balaban J connectivity index is 1.18. The molecule has 4 amide bonds. The third kappa shape index (κ3) is 3.25. The highest BCUT2D eigenvalue weighted by molar-refractivity contribution is 6.10. The van der Waals surface area contributed by atoms with E-state index < -0.39 is 11.6 Å². The monoisotopic (exact) mass is 459 g/mol. The second-order valence-electron chi connectivity index (χ2n) is 11.5. The second-order valence-corrected chi connectivity index (χ2v) is 11.5. The van der Waals surface area contributed by atoms with Gasteiger partial charge in [0.1, 0.15) is 12.1 Å². The summed E-state index contributed by atoms with van der Waals surface area (Å²) in [6, 6.07) is 13.1. The van der Waals surface area contributed by atoms with Crippen LogP contribution in [0, 0.1) is 23.2 Å². The SMILES string of the molecule is CC(NC(=O)CN1C(=O)NC(C)(c2cccc3ccccc23)C1=O)C12CC3CC(CC(C3)C1)C2. The quantitative estimate of drug-likeness (QED) is 0.654. The van der Waals surface area contributed by atoms with Gasteiger partial charge in [-0.15, -0.1) is 0 Å². The van der Waals surface area contributed by atoms with Crippen molar-refractivity contribution in [1.29, 1.82) is 0 Å². The molecule has 4 saturated carbocycles. The predicted molar refractivity (Wildman–Crippen MR) is 130 cm³/mol. The largest absolute Gasteiger partial charge is 0.352 e. The lowest BCUT2D eigenvalue weighted by Gasteiger charge is -2.59. The van der Waals surface area contributed by atoms with Gasteiger partial charge in [0.15, 0.2) is 0 Å². The van der Waals surface area contributed by atoms with Gasteiger partial charge in [0.2, 0.25) is 5.91 Å². The molecule has 1 heterocycles. The van der Waals surface area contributed by atoms with Crippen LogP contribution in [0.3, 0.4) is 0 Å². The molecule has 6 nitrogen and oxygen atoms in total. The lowest BCUT2D eigenvalue weighted by atomic mass is 9.48. The first-order valence-corrected chi connectivity index (χ1v) is 12.7. The predicted octanol–water partition coefficient (Wildman–Crippen LogP) is 4.33. The van der Waals surface area contributed by atoms with Crippen molar-refractivity contribution in [2.24, 2.45) is 23.2 Å². The summed E-state index contributed by atoms with van der Waals surface area (Å²) in [7, 11) is 0. The van der Waals surface area contributed by atoms with Crippen LogP contribution in [-0.4, -0.2) is 35.3 Å². The number of carbonyl (C=O) groups is 3. The molecule has 0 aromatic heterocycles. The first-order chi connectivity index (χ1) is 16.3. The summed E-state index contributed by atoms with van der Waals surface area (Å²) in [5, 5.41) is 7.97. The fraction of sp³-hybridized carbons (Fsp3) is 0.536. The van der Waals surface area contributed by atoms with Crippen molar-refractivity contribution in [3.63, 3.8) is 0 Å². The molecule has 0 radical (unpaired) electrons. The molecule has 7 rings (SSSR count). The van der Waals surface area contributed by atoms with E-state index in [9.17, 15) is 14.4 Å². The molecule has 2 aromatic rings. The Morgan fingerprint density at radius 2 is 1.65 bits per heavy atom. The number of fused-ring (bicyclic) bond motifs is 1. The summed E-state index contributed by atoms with van der Waals surface area (Å²) in [5.41, 5.74) is -0.281. The lowest BCUT2D eigenvalue weighted by molar-refractivity contribution is -0.136. The van der Waals surface area contributed by atoms with E-state index in [1.807, 2.05) is 42.5 Å². The Morgan fingerprint density at radius 1 is 1.03 bits per heavy atom. The minimum absolute atomic E-state index is 0.0543. The summed E-state index contributed by atoms with van der Waals surface area (Å²) in [5.74, 6) is 1.77. The van der Waals surface area contributed by atoms with E-state index in [1.165, 1.54) is 38.5 Å². The lowest BCUT2D eigenvalue weighted by Crippen LogP contribution is -2.57. The van der Waals surface area contributed by atoms with Crippen molar-refractivity contribution in [3.05, 3.63) is 48.0 Å². The molecule has 1 aliphatic heterocycles. The zero-order chi connectivity index (χ0) is 23.7. The first kappa shape index (κ1) is 21.6. The molecule has 5 fully saturated rings. The maximum atomic E-state index is 13.5. The zero-order valence-corrected chi connectivity index (χ0v) is 20.0. The van der Waals surface area contributed by atoms with Crippen molar-refractivity contribution in [3.8, 4) is 0 Å². The van der Waals surface area contributed by atoms with Gasteiger partial charge in [-0.05, 0) is 91.9 Å². The van der Waals surface area contributed by atoms with Gasteiger partial charge < -0.3 is 10.6 Å². The van der Waals surface area contributed by atoms with Crippen molar-refractivity contribution in [2.75, 3.05) is 6.54 Å². The molecule has 4 bridgehead atoms. The number of hydrogen-bond acceptors (Lipinski definition) is 3. The van der Waals surface area contributed by atoms with Crippen molar-refractivity contribution < 1.29 is 14.4 Å². The van der Waals surface area contributed by atoms with E-state index in [2.05, 4.69) is 17.6 Å². The number of urea groups is 1. The minimum atomic E-state index is -1.20. The van der Waals surface area contributed by atoms with Crippen molar-refractivity contribution >= 4 is 28.6 Å². The number of amides is 4. The second kappa shape index (κ2) is 7.56. The van der Waals surface area contributed by atoms with Crippen LogP contribution in [0.15, 0.2) is 42.5 Å². The van der Waals surface area contributed by atoms with Crippen molar-refractivity contribution in [1.82, 2.24) is 15.5 Å². The van der Waals surface area contributed by atoms with Crippen LogP contribution >= 0.6 is 0 Å². The normalized spacial score (nSPS) is 35.0. The fourth-order valence-corrected chi connectivity index (χ4v) is 7.98. The van der Waals surface area contributed by atoms with E-state index in [-0.39, 0.29) is 29.8 Å². The van der Waals surface area contributed by atoms with Crippen LogP contribution in [-0.2, 0) is 15.1 Å². The molecule has 2 aromatic carbocycles. The van der Waals surface area contributed by atoms with E-state index in [4.69, 9.17) is 0 Å². The van der Waals surface area contributed by atoms with Gasteiger partial charge in [-0.25, -0.2) is 4.79 Å². The summed E-state index contributed by atoms with van der Waals surface area (Å²) >= 11 is 0. The average molecular weight is 460 g/mol. The number of nitrogens with one attached hydrogen (secondary N) is 2. The molecular formula is C28H33N3O3. The van der Waals surface area contributed by atoms with Crippen LogP contribution in [0.25, 0.3) is 10.8 Å². The topological polar surface area (TPSA) is 78.5 Å². The van der Waals surface area contributed by atoms with E-state index in [0.717, 1.165) is 39.0 Å². The Kier molecular flexibility index (Phi) is 4.81. The van der Waals surface area contributed by atoms with Gasteiger partial charge >= 0.3 is 6.03 Å². The minimum Gasteiger partial charge on any atom is -0.352 e. The molecule has 5 aliphatic rings. The highest BCUT2D eigenvalue weighted by Gasteiger charge is 2.54. The van der Waals surface area contributed by atoms with Crippen LogP contribution < -0.4 is 10.6 Å². The third-order valence-electron chi connectivity index (χ3n) is 9.29. The van der Waals surface area contributed by atoms with Gasteiger partial charge in [0.25, 0.3) is 5.91 Å². The highest BCUT2D eigenvalue weighted by Crippen LogP contribution is 2.61. The van der Waals surface area contributed by atoms with Crippen molar-refractivity contribution in [2.45, 2.75) is 64.0 Å². The molecule has 178 valence electrons. The van der Waals surface area contributed by atoms with Crippen LogP contribution in [0.5, 0.6) is 0 Å². The van der Waals surface area contributed by atoms with E-state index in [1.54, 1.807) is 6.92 Å². The maximum absolute atomic E-state index is 13.5. The molecule has 34 heavy (non-hydrogen) atoms. The molecule has 2 unspecified atom stereocenters. The Labute approximate surface area is 200 Å². The smallest absolute Gasteiger partial charge is 0.325 e. The molecule has 2 atom stereocenters. The van der Waals surface area contributed by atoms with Gasteiger partial charge in [0, 0.05) is 6.04 Å². The fourth-order valence-electron chi connectivity index (χ4n) is 7.98. The van der Waals surface area contributed by atoms with Gasteiger partial charge in [-0.3, -0.25) is 14.5 Å². The molecule has 2 N–H and O–H groups in total. The molecule has 1 saturated heterocycles. The van der Waals surface area contributed by atoms with Gasteiger partial charge in [-0.1, -0.05) is 42.5 Å². The highest BCUT2D eigenvalue weighted by atomic mass is 16.2.